The molecule has 0 atom stereocenters. The van der Waals surface area contributed by atoms with E-state index in [2.05, 4.69) is 0 Å². The molecule has 0 spiro atoms. The third kappa shape index (κ3) is 3.60. The SMILES string of the molecule is O=C(O)/C(=C\c1cccs1)c1ccc(S(=O)(=O)N2CCOCC2)s1. The van der Waals surface area contributed by atoms with Gasteiger partial charge in [-0.25, -0.2) is 13.2 Å². The first-order valence-corrected chi connectivity index (χ1v) is 10.3. The zero-order valence-electron chi connectivity index (χ0n) is 12.5. The summed E-state index contributed by atoms with van der Waals surface area (Å²) in [5, 5.41) is 11.3. The van der Waals surface area contributed by atoms with Crippen LogP contribution >= 0.6 is 22.7 Å². The lowest BCUT2D eigenvalue weighted by Gasteiger charge is -2.25. The second-order valence-electron chi connectivity index (χ2n) is 5.01. The van der Waals surface area contributed by atoms with E-state index < -0.39 is 16.0 Å². The molecule has 0 bridgehead atoms. The Morgan fingerprint density at radius 2 is 2.00 bits per heavy atom. The Morgan fingerprint density at radius 3 is 2.62 bits per heavy atom. The van der Waals surface area contributed by atoms with Crippen LogP contribution in [0.1, 0.15) is 9.75 Å². The van der Waals surface area contributed by atoms with Gasteiger partial charge in [0.05, 0.1) is 18.8 Å². The lowest BCUT2D eigenvalue weighted by Crippen LogP contribution is -2.40. The molecule has 0 aromatic carbocycles. The summed E-state index contributed by atoms with van der Waals surface area (Å²) in [4.78, 5) is 12.8. The van der Waals surface area contributed by atoms with Gasteiger partial charge in [0.15, 0.2) is 0 Å². The molecule has 2 aromatic heterocycles. The number of hydrogen-bond acceptors (Lipinski definition) is 6. The number of morpholine rings is 1. The highest BCUT2D eigenvalue weighted by atomic mass is 32.2. The molecule has 0 unspecified atom stereocenters. The fraction of sp³-hybridized carbons (Fsp3) is 0.267. The van der Waals surface area contributed by atoms with Crippen molar-refractivity contribution in [2.75, 3.05) is 26.3 Å². The van der Waals surface area contributed by atoms with Gasteiger partial charge in [0.1, 0.15) is 4.21 Å². The number of sulfonamides is 1. The molecule has 128 valence electrons. The van der Waals surface area contributed by atoms with E-state index in [1.54, 1.807) is 12.1 Å². The van der Waals surface area contributed by atoms with Crippen LogP contribution in [0, 0.1) is 0 Å². The van der Waals surface area contributed by atoms with Crippen molar-refractivity contribution in [3.8, 4) is 0 Å². The molecular formula is C15H15NO5S3. The molecule has 0 aliphatic carbocycles. The Kier molecular flexibility index (Phi) is 5.16. The Balaban J connectivity index is 1.92. The van der Waals surface area contributed by atoms with Gasteiger partial charge in [-0.1, -0.05) is 6.07 Å². The maximum absolute atomic E-state index is 12.6. The number of thiophene rings is 2. The highest BCUT2D eigenvalue weighted by molar-refractivity contribution is 7.91. The van der Waals surface area contributed by atoms with E-state index in [-0.39, 0.29) is 9.78 Å². The number of nitrogens with zero attached hydrogens (tertiary/aromatic N) is 1. The van der Waals surface area contributed by atoms with Gasteiger partial charge in [0, 0.05) is 22.8 Å². The van der Waals surface area contributed by atoms with Crippen molar-refractivity contribution >= 4 is 50.3 Å². The molecule has 1 saturated heterocycles. The summed E-state index contributed by atoms with van der Waals surface area (Å²) >= 11 is 2.40. The van der Waals surface area contributed by atoms with E-state index in [0.29, 0.717) is 31.2 Å². The van der Waals surface area contributed by atoms with Crippen LogP contribution in [0.3, 0.4) is 0 Å². The number of rotatable bonds is 5. The molecule has 0 radical (unpaired) electrons. The van der Waals surface area contributed by atoms with Crippen LogP contribution in [-0.4, -0.2) is 50.1 Å². The zero-order valence-corrected chi connectivity index (χ0v) is 15.0. The number of carboxylic acid groups (broad SMARTS) is 1. The van der Waals surface area contributed by atoms with Gasteiger partial charge in [-0.05, 0) is 29.7 Å². The molecule has 6 nitrogen and oxygen atoms in total. The standard InChI is InChI=1S/C15H15NO5S3/c17-15(18)12(10-11-2-1-9-22-11)13-3-4-14(23-13)24(19,20)16-5-7-21-8-6-16/h1-4,9-10H,5-8H2,(H,17,18)/b12-10-. The average molecular weight is 385 g/mol. The fourth-order valence-corrected chi connectivity index (χ4v) is 5.81. The molecule has 3 heterocycles. The Bertz CT molecular complexity index is 846. The van der Waals surface area contributed by atoms with Crippen LogP contribution in [0.15, 0.2) is 33.9 Å². The van der Waals surface area contributed by atoms with Gasteiger partial charge < -0.3 is 9.84 Å². The van der Waals surface area contributed by atoms with Crippen LogP contribution in [-0.2, 0) is 19.6 Å². The van der Waals surface area contributed by atoms with E-state index >= 15 is 0 Å². The van der Waals surface area contributed by atoms with Gasteiger partial charge in [0.25, 0.3) is 10.0 Å². The maximum atomic E-state index is 12.6. The number of ether oxygens (including phenoxy) is 1. The normalized spacial score (nSPS) is 17.1. The maximum Gasteiger partial charge on any atom is 0.337 e. The largest absolute Gasteiger partial charge is 0.478 e. The van der Waals surface area contributed by atoms with Crippen LogP contribution in [0.5, 0.6) is 0 Å². The van der Waals surface area contributed by atoms with E-state index in [4.69, 9.17) is 4.74 Å². The van der Waals surface area contributed by atoms with Gasteiger partial charge in [-0.2, -0.15) is 4.31 Å². The lowest BCUT2D eigenvalue weighted by molar-refractivity contribution is -0.130. The smallest absolute Gasteiger partial charge is 0.337 e. The van der Waals surface area contributed by atoms with Gasteiger partial charge in [-0.3, -0.25) is 0 Å². The summed E-state index contributed by atoms with van der Waals surface area (Å²) in [6.45, 7) is 1.37. The lowest BCUT2D eigenvalue weighted by atomic mass is 10.2. The van der Waals surface area contributed by atoms with Crippen molar-refractivity contribution in [3.05, 3.63) is 39.4 Å². The highest BCUT2D eigenvalue weighted by Crippen LogP contribution is 2.31. The molecule has 0 amide bonds. The second kappa shape index (κ2) is 7.16. The molecular weight excluding hydrogens is 370 g/mol. The van der Waals surface area contributed by atoms with E-state index in [9.17, 15) is 18.3 Å². The van der Waals surface area contributed by atoms with Crippen molar-refractivity contribution in [2.45, 2.75) is 4.21 Å². The minimum atomic E-state index is -3.61. The summed E-state index contributed by atoms with van der Waals surface area (Å²) in [7, 11) is -3.61. The number of carbonyl (C=O) groups is 1. The van der Waals surface area contributed by atoms with E-state index in [1.165, 1.54) is 21.7 Å². The van der Waals surface area contributed by atoms with Crippen molar-refractivity contribution in [2.24, 2.45) is 0 Å². The van der Waals surface area contributed by atoms with Crippen LogP contribution in [0.25, 0.3) is 11.6 Å². The minimum absolute atomic E-state index is 0.0888. The quantitative estimate of drug-likeness (QED) is 0.800. The average Bonchev–Trinajstić information content (AvgIpc) is 3.25. The van der Waals surface area contributed by atoms with Crippen LogP contribution < -0.4 is 0 Å². The minimum Gasteiger partial charge on any atom is -0.478 e. The Hall–Kier alpha value is -1.52. The van der Waals surface area contributed by atoms with Crippen molar-refractivity contribution in [1.82, 2.24) is 4.31 Å². The number of hydrogen-bond donors (Lipinski definition) is 1. The molecule has 2 aromatic rings. The topological polar surface area (TPSA) is 83.9 Å². The Morgan fingerprint density at radius 1 is 1.25 bits per heavy atom. The molecule has 3 rings (SSSR count). The molecule has 9 heteroatoms. The molecule has 24 heavy (non-hydrogen) atoms. The van der Waals surface area contributed by atoms with Gasteiger partial charge in [-0.15, -0.1) is 22.7 Å². The first-order valence-electron chi connectivity index (χ1n) is 7.15. The fourth-order valence-electron chi connectivity index (χ4n) is 2.27. The summed E-state index contributed by atoms with van der Waals surface area (Å²) in [6.07, 6.45) is 1.56. The first-order chi connectivity index (χ1) is 11.5. The predicted octanol–water partition coefficient (Wildman–Crippen LogP) is 2.46. The van der Waals surface area contributed by atoms with Crippen molar-refractivity contribution < 1.29 is 23.1 Å². The number of carboxylic acids is 1. The number of aliphatic carboxylic acids is 1. The van der Waals surface area contributed by atoms with E-state index in [0.717, 1.165) is 16.2 Å². The van der Waals surface area contributed by atoms with Crippen LogP contribution in [0.4, 0.5) is 0 Å². The monoisotopic (exact) mass is 385 g/mol. The predicted molar refractivity (Wildman–Crippen MR) is 93.7 cm³/mol. The zero-order chi connectivity index (χ0) is 17.2. The molecule has 0 saturated carbocycles. The van der Waals surface area contributed by atoms with Crippen molar-refractivity contribution in [3.63, 3.8) is 0 Å². The molecule has 1 N–H and O–H groups in total. The second-order valence-corrected chi connectivity index (χ2v) is 9.24. The Labute approximate surface area is 147 Å². The molecule has 1 aliphatic heterocycles. The summed E-state index contributed by atoms with van der Waals surface area (Å²) in [5.74, 6) is -1.08. The third-order valence-corrected chi connectivity index (χ3v) is 7.78. The van der Waals surface area contributed by atoms with Gasteiger partial charge in [0.2, 0.25) is 0 Å². The molecule has 1 fully saturated rings. The van der Waals surface area contributed by atoms with E-state index in [1.807, 2.05) is 17.5 Å². The highest BCUT2D eigenvalue weighted by Gasteiger charge is 2.28. The summed E-state index contributed by atoms with van der Waals surface area (Å²) in [6, 6.07) is 6.66. The van der Waals surface area contributed by atoms with Gasteiger partial charge >= 0.3 is 5.97 Å². The summed E-state index contributed by atoms with van der Waals surface area (Å²) < 4.78 is 31.9. The molecule has 1 aliphatic rings. The first kappa shape index (κ1) is 17.3. The third-order valence-electron chi connectivity index (χ3n) is 3.47. The van der Waals surface area contributed by atoms with Crippen LogP contribution in [0.2, 0.25) is 0 Å². The van der Waals surface area contributed by atoms with Crippen molar-refractivity contribution in [1.29, 1.82) is 0 Å². The summed E-state index contributed by atoms with van der Waals surface area (Å²) in [5.41, 5.74) is 0.0888.